The van der Waals surface area contributed by atoms with Crippen LogP contribution in [0.1, 0.15) is 57.8 Å². The van der Waals surface area contributed by atoms with Crippen molar-refractivity contribution in [1.82, 2.24) is 31.9 Å². The highest BCUT2D eigenvalue weighted by Crippen LogP contribution is 2.21. The minimum Gasteiger partial charge on any atom is -0.481 e. The van der Waals surface area contributed by atoms with Crippen molar-refractivity contribution in [3.63, 3.8) is 0 Å². The van der Waals surface area contributed by atoms with Crippen LogP contribution in [0, 0.1) is 0 Å². The SMILES string of the molecule is CSCC[C@H](NC(=O)[C@H](CCC(=O)O)NC(=O)[C@H](CC(=O)O)NC(=O)CCC(=O)O)C(=O)NCC(=O)N[C@@H](CCC(=O)O)C(=O)N[C@H](C=O)CC(F)(F)F. The second kappa shape index (κ2) is 24.7. The van der Waals surface area contributed by atoms with Crippen molar-refractivity contribution in [2.75, 3.05) is 18.6 Å². The van der Waals surface area contributed by atoms with Gasteiger partial charge in [0, 0.05) is 19.3 Å². The number of nitrogens with one attached hydrogen (secondary N) is 6. The van der Waals surface area contributed by atoms with E-state index in [0.717, 1.165) is 0 Å². The molecule has 0 rings (SSSR count). The number of amides is 6. The maximum absolute atomic E-state index is 13.3. The molecule has 0 aliphatic carbocycles. The highest BCUT2D eigenvalue weighted by Gasteiger charge is 2.35. The van der Waals surface area contributed by atoms with Gasteiger partial charge >= 0.3 is 30.1 Å². The van der Waals surface area contributed by atoms with E-state index in [9.17, 15) is 71.0 Å². The lowest BCUT2D eigenvalue weighted by Crippen LogP contribution is -2.57. The van der Waals surface area contributed by atoms with E-state index in [1.54, 1.807) is 11.6 Å². The number of carbonyl (C=O) groups is 11. The third-order valence-corrected chi connectivity index (χ3v) is 7.43. The Morgan fingerprint density at radius 1 is 0.593 bits per heavy atom. The van der Waals surface area contributed by atoms with Crippen LogP contribution in [-0.2, 0) is 52.7 Å². The van der Waals surface area contributed by atoms with Crippen molar-refractivity contribution in [3.8, 4) is 0 Å². The van der Waals surface area contributed by atoms with Gasteiger partial charge in [0.05, 0.1) is 31.8 Å². The fourth-order valence-electron chi connectivity index (χ4n) is 4.20. The molecule has 0 heterocycles. The smallest absolute Gasteiger partial charge is 0.391 e. The maximum Gasteiger partial charge on any atom is 0.391 e. The number of alkyl halides is 3. The number of rotatable bonds is 27. The molecule has 0 unspecified atom stereocenters. The first-order chi connectivity index (χ1) is 25.1. The molecule has 304 valence electrons. The van der Waals surface area contributed by atoms with Gasteiger partial charge in [-0.3, -0.25) is 47.9 Å². The molecule has 6 amide bonds. The van der Waals surface area contributed by atoms with E-state index < -0.39 is 154 Å². The van der Waals surface area contributed by atoms with Crippen molar-refractivity contribution in [2.45, 2.75) is 94.2 Å². The molecule has 0 aliphatic heterocycles. The molecule has 0 aliphatic rings. The van der Waals surface area contributed by atoms with Crippen LogP contribution in [0.15, 0.2) is 0 Å². The van der Waals surface area contributed by atoms with Crippen molar-refractivity contribution in [2.24, 2.45) is 0 Å². The predicted molar refractivity (Wildman–Crippen MR) is 175 cm³/mol. The Morgan fingerprint density at radius 3 is 1.52 bits per heavy atom. The topological polar surface area (TPSA) is 341 Å². The lowest BCUT2D eigenvalue weighted by atomic mass is 10.1. The summed E-state index contributed by atoms with van der Waals surface area (Å²) in [7, 11) is 0. The summed E-state index contributed by atoms with van der Waals surface area (Å²) in [5, 5.41) is 48.4. The van der Waals surface area contributed by atoms with E-state index in [0.29, 0.717) is 0 Å². The number of hydrogen-bond donors (Lipinski definition) is 10. The molecule has 0 spiro atoms. The minimum absolute atomic E-state index is 0.128. The van der Waals surface area contributed by atoms with Crippen LogP contribution in [-0.4, -0.2) is 141 Å². The lowest BCUT2D eigenvalue weighted by Gasteiger charge is -2.25. The highest BCUT2D eigenvalue weighted by molar-refractivity contribution is 7.98. The molecule has 0 radical (unpaired) electrons. The number of carbonyl (C=O) groups excluding carboxylic acids is 7. The lowest BCUT2D eigenvalue weighted by molar-refractivity contribution is -0.147. The summed E-state index contributed by atoms with van der Waals surface area (Å²) in [5.41, 5.74) is 0. The summed E-state index contributed by atoms with van der Waals surface area (Å²) in [6, 6.07) is -8.88. The van der Waals surface area contributed by atoms with Crippen LogP contribution >= 0.6 is 11.8 Å². The van der Waals surface area contributed by atoms with Crippen molar-refractivity contribution in [1.29, 1.82) is 0 Å². The number of carboxylic acid groups (broad SMARTS) is 4. The number of aldehydes is 1. The number of halogens is 3. The van der Waals surface area contributed by atoms with Gasteiger partial charge in [0.25, 0.3) is 0 Å². The molecule has 0 aromatic rings. The first-order valence-electron chi connectivity index (χ1n) is 15.7. The molecule has 0 saturated carbocycles. The monoisotopic (exact) mass is 802 g/mol. The van der Waals surface area contributed by atoms with Crippen molar-refractivity contribution in [3.05, 3.63) is 0 Å². The van der Waals surface area contributed by atoms with E-state index >= 15 is 0 Å². The second-order valence-electron chi connectivity index (χ2n) is 11.3. The van der Waals surface area contributed by atoms with Crippen LogP contribution in [0.2, 0.25) is 0 Å². The van der Waals surface area contributed by atoms with Crippen LogP contribution in [0.5, 0.6) is 0 Å². The largest absolute Gasteiger partial charge is 0.481 e. The molecule has 0 bridgehead atoms. The number of aliphatic carboxylic acids is 4. The van der Waals surface area contributed by atoms with Crippen LogP contribution in [0.4, 0.5) is 13.2 Å². The summed E-state index contributed by atoms with van der Waals surface area (Å²) < 4.78 is 38.2. The van der Waals surface area contributed by atoms with Gasteiger partial charge in [-0.1, -0.05) is 0 Å². The zero-order valence-corrected chi connectivity index (χ0v) is 29.4. The average Bonchev–Trinajstić information content (AvgIpc) is 3.06. The van der Waals surface area contributed by atoms with E-state index in [2.05, 4.69) is 16.0 Å². The van der Waals surface area contributed by atoms with Crippen LogP contribution in [0.25, 0.3) is 0 Å². The highest BCUT2D eigenvalue weighted by atomic mass is 32.2. The number of hydrogen-bond acceptors (Lipinski definition) is 12. The third kappa shape index (κ3) is 22.4. The first-order valence-corrected chi connectivity index (χ1v) is 17.1. The van der Waals surface area contributed by atoms with Gasteiger partial charge < -0.3 is 57.1 Å². The first kappa shape index (κ1) is 48.5. The molecule has 0 aromatic carbocycles. The van der Waals surface area contributed by atoms with E-state index in [4.69, 9.17) is 15.3 Å². The van der Waals surface area contributed by atoms with Crippen LogP contribution in [0.3, 0.4) is 0 Å². The quantitative estimate of drug-likeness (QED) is 0.0384. The Morgan fingerprint density at radius 2 is 1.06 bits per heavy atom. The molecular formula is C29H41F3N6O15S. The molecule has 0 saturated heterocycles. The second-order valence-corrected chi connectivity index (χ2v) is 12.3. The Balaban J connectivity index is 5.89. The number of thioether (sulfide) groups is 1. The molecule has 0 fully saturated rings. The summed E-state index contributed by atoms with van der Waals surface area (Å²) in [6.45, 7) is -0.932. The molecule has 0 aromatic heterocycles. The van der Waals surface area contributed by atoms with Gasteiger partial charge in [0.15, 0.2) is 0 Å². The summed E-state index contributed by atoms with van der Waals surface area (Å²) in [5.74, 6) is -12.6. The summed E-state index contributed by atoms with van der Waals surface area (Å²) in [4.78, 5) is 132. The van der Waals surface area contributed by atoms with E-state index in [1.807, 2.05) is 10.6 Å². The Kier molecular flexibility index (Phi) is 22.2. The zero-order chi connectivity index (χ0) is 41.6. The van der Waals surface area contributed by atoms with Gasteiger partial charge in [-0.25, -0.2) is 0 Å². The predicted octanol–water partition coefficient (Wildman–Crippen LogP) is -2.50. The maximum atomic E-state index is 13.3. The average molecular weight is 803 g/mol. The van der Waals surface area contributed by atoms with Crippen molar-refractivity contribution < 1.29 is 86.3 Å². The summed E-state index contributed by atoms with van der Waals surface area (Å²) >= 11 is 1.20. The summed E-state index contributed by atoms with van der Waals surface area (Å²) in [6.07, 6.45) is -10.4. The van der Waals surface area contributed by atoms with Gasteiger partial charge in [-0.05, 0) is 31.3 Å². The van der Waals surface area contributed by atoms with Gasteiger partial charge in [0.1, 0.15) is 30.5 Å². The molecule has 25 heteroatoms. The Labute approximate surface area is 308 Å². The molecule has 21 nitrogen and oxygen atoms in total. The molecule has 5 atom stereocenters. The fraction of sp³-hybridized carbons (Fsp3) is 0.621. The zero-order valence-electron chi connectivity index (χ0n) is 28.6. The van der Waals surface area contributed by atoms with Gasteiger partial charge in [-0.2, -0.15) is 24.9 Å². The third-order valence-electron chi connectivity index (χ3n) is 6.78. The van der Waals surface area contributed by atoms with Crippen LogP contribution < -0.4 is 31.9 Å². The molecule has 54 heavy (non-hydrogen) atoms. The molecule has 10 N–H and O–H groups in total. The van der Waals surface area contributed by atoms with Gasteiger partial charge in [-0.15, -0.1) is 0 Å². The standard InChI is InChI=1S/C29H41F3N6O15S/c1-54-9-8-17(25(50)33-12-20(41)35-15(2-5-21(42)43)26(51)34-14(13-39)11-29(30,31)32)38-27(52)16(3-6-22(44)45)37-28(53)18(10-24(48)49)36-19(40)4-7-23(46)47/h13-18H,2-12H2,1H3,(H,33,50)(H,34,51)(H,35,41)(H,36,40)(H,37,53)(H,38,52)(H,42,43)(H,44,45)(H,46,47)(H,48,49)/t14-,15-,16-,17-,18-/m0/s1. The number of carboxylic acids is 4. The normalized spacial score (nSPS) is 13.7. The van der Waals surface area contributed by atoms with Gasteiger partial charge in [0.2, 0.25) is 35.4 Å². The molecular weight excluding hydrogens is 761 g/mol. The van der Waals surface area contributed by atoms with E-state index in [-0.39, 0.29) is 18.5 Å². The Bertz CT molecular complexity index is 1400. The van der Waals surface area contributed by atoms with Crippen molar-refractivity contribution >= 4 is 77.4 Å². The minimum atomic E-state index is -4.86. The fourth-order valence-corrected chi connectivity index (χ4v) is 4.67. The Hall–Kier alpha value is -5.49. The van der Waals surface area contributed by atoms with E-state index in [1.165, 1.54) is 11.8 Å².